The fourth-order valence-electron chi connectivity index (χ4n) is 6.76. The highest BCUT2D eigenvalue weighted by atomic mass is 32.3. The summed E-state index contributed by atoms with van der Waals surface area (Å²) in [6.45, 7) is 0. The first-order chi connectivity index (χ1) is 22.8. The Kier molecular flexibility index (Phi) is 9.10. The van der Waals surface area contributed by atoms with E-state index in [1.165, 1.54) is 39.8 Å². The molecule has 0 saturated heterocycles. The minimum absolute atomic E-state index is 1.05. The van der Waals surface area contributed by atoms with Gasteiger partial charge in [-0.3, -0.25) is 0 Å². The second-order valence-electron chi connectivity index (χ2n) is 11.6. The maximum absolute atomic E-state index is 2.59. The molecule has 0 amide bonds. The van der Waals surface area contributed by atoms with E-state index in [9.17, 15) is 0 Å². The zero-order valence-electron chi connectivity index (χ0n) is 26.1. The number of allylic oxidation sites excluding steroid dienone is 4. The van der Waals surface area contributed by atoms with Gasteiger partial charge in [0.25, 0.3) is 0 Å². The lowest BCUT2D eigenvalue weighted by Gasteiger charge is -2.45. The van der Waals surface area contributed by atoms with E-state index < -0.39 is 20.1 Å². The minimum Gasteiger partial charge on any atom is -0.160 e. The molecule has 0 radical (unpaired) electrons. The molecule has 0 N–H and O–H groups in total. The summed E-state index contributed by atoms with van der Waals surface area (Å²) in [5.41, 5.74) is 1.46. The van der Waals surface area contributed by atoms with Crippen molar-refractivity contribution in [2.24, 2.45) is 0 Å². The van der Waals surface area contributed by atoms with Crippen molar-refractivity contribution in [1.82, 2.24) is 0 Å². The highest BCUT2D eigenvalue weighted by Gasteiger charge is 2.36. The van der Waals surface area contributed by atoms with E-state index in [2.05, 4.69) is 194 Å². The van der Waals surface area contributed by atoms with Crippen LogP contribution in [0.15, 0.2) is 234 Å². The molecule has 0 aromatic heterocycles. The molecule has 0 spiro atoms. The summed E-state index contributed by atoms with van der Waals surface area (Å²) in [6.07, 6.45) is 10.5. The van der Waals surface area contributed by atoms with Crippen LogP contribution in [-0.2, 0) is 0 Å². The molecule has 1 aliphatic rings. The van der Waals surface area contributed by atoms with Gasteiger partial charge in [-0.25, -0.2) is 0 Å². The molecule has 228 valence electrons. The number of hydrogen-bond acceptors (Lipinski definition) is 0. The lowest BCUT2D eigenvalue weighted by molar-refractivity contribution is 0.983. The Labute approximate surface area is 277 Å². The predicted molar refractivity (Wildman–Crippen MR) is 198 cm³/mol. The molecule has 0 bridgehead atoms. The van der Waals surface area contributed by atoms with Crippen molar-refractivity contribution in [3.8, 4) is 0 Å². The third kappa shape index (κ3) is 5.68. The third-order valence-electron chi connectivity index (χ3n) is 8.91. The van der Waals surface area contributed by atoms with Gasteiger partial charge in [-0.05, 0) is 119 Å². The van der Waals surface area contributed by atoms with E-state index >= 15 is 0 Å². The second kappa shape index (κ2) is 13.9. The van der Waals surface area contributed by atoms with Crippen LogP contribution in [0.3, 0.4) is 0 Å². The Morgan fingerprint density at radius 2 is 0.804 bits per heavy atom. The van der Waals surface area contributed by atoms with Gasteiger partial charge < -0.3 is 0 Å². The Bertz CT molecular complexity index is 1780. The molecule has 1 aliphatic carbocycles. The monoisotopic (exact) mass is 632 g/mol. The van der Waals surface area contributed by atoms with E-state index in [1.807, 2.05) is 0 Å². The van der Waals surface area contributed by atoms with E-state index in [1.54, 1.807) is 0 Å². The van der Waals surface area contributed by atoms with Crippen molar-refractivity contribution in [1.29, 1.82) is 0 Å². The smallest absolute Gasteiger partial charge is 0.00337 e. The summed E-state index contributed by atoms with van der Waals surface area (Å²) in [5, 5.41) is 0. The number of hydrogen-bond donors (Lipinski definition) is 0. The molecule has 0 unspecified atom stereocenters. The zero-order chi connectivity index (χ0) is 31.1. The largest absolute Gasteiger partial charge is 0.160 e. The lowest BCUT2D eigenvalue weighted by atomic mass is 10.1. The summed E-state index contributed by atoms with van der Waals surface area (Å²) in [7, 11) is -3.43. The Morgan fingerprint density at radius 3 is 1.24 bits per heavy atom. The number of rotatable bonds is 10. The van der Waals surface area contributed by atoms with Gasteiger partial charge in [0, 0.05) is 19.6 Å². The second-order valence-corrected chi connectivity index (χ2v) is 18.0. The van der Waals surface area contributed by atoms with Crippen molar-refractivity contribution in [3.05, 3.63) is 200 Å². The van der Waals surface area contributed by atoms with Crippen molar-refractivity contribution >= 4 is 20.1 Å². The molecule has 0 atom stereocenters. The predicted octanol–water partition coefficient (Wildman–Crippen LogP) is 13.0. The molecular weight excluding hydrogens is 593 g/mol. The Morgan fingerprint density at radius 1 is 0.391 bits per heavy atom. The van der Waals surface area contributed by atoms with Gasteiger partial charge in [0.05, 0.1) is 0 Å². The highest BCUT2D eigenvalue weighted by Crippen LogP contribution is 2.75. The molecule has 0 fully saturated rings. The van der Waals surface area contributed by atoms with Crippen molar-refractivity contribution in [2.45, 2.75) is 53.5 Å². The van der Waals surface area contributed by atoms with Gasteiger partial charge in [-0.1, -0.05) is 121 Å². The Hall–Kier alpha value is -4.50. The van der Waals surface area contributed by atoms with Crippen LogP contribution in [-0.4, -0.2) is 5.75 Å². The van der Waals surface area contributed by atoms with Gasteiger partial charge in [0.1, 0.15) is 0 Å². The van der Waals surface area contributed by atoms with Gasteiger partial charge >= 0.3 is 0 Å². The van der Waals surface area contributed by atoms with E-state index in [0.29, 0.717) is 0 Å². The molecule has 0 aliphatic heterocycles. The zero-order valence-corrected chi connectivity index (χ0v) is 27.8. The standard InChI is InChI=1S/C44H40S2/c1-7-20-37(21-8-1)34-35-45(38-22-9-2-10-23-38,39-24-11-3-12-25-39)43-32-19-33-44(36-43)46(40-26-13-4-14-27-40,41-28-15-5-16-29-41)42-30-17-6-18-31-42/h2-7,9-33,36H,1,8,34-35H2. The summed E-state index contributed by atoms with van der Waals surface area (Å²) >= 11 is 0. The summed E-state index contributed by atoms with van der Waals surface area (Å²) in [4.78, 5) is 9.67. The number of benzene rings is 6. The molecule has 6 aromatic rings. The topological polar surface area (TPSA) is 0 Å². The van der Waals surface area contributed by atoms with Gasteiger partial charge in [0.2, 0.25) is 0 Å². The molecule has 2 heteroatoms. The van der Waals surface area contributed by atoms with E-state index in [0.717, 1.165) is 25.0 Å². The van der Waals surface area contributed by atoms with Crippen LogP contribution in [0.25, 0.3) is 0 Å². The van der Waals surface area contributed by atoms with Gasteiger partial charge in [-0.2, -0.15) is 10.0 Å². The highest BCUT2D eigenvalue weighted by molar-refractivity contribution is 8.34. The van der Waals surface area contributed by atoms with Crippen LogP contribution in [0.1, 0.15) is 19.3 Å². The average molecular weight is 633 g/mol. The first kappa shape index (κ1) is 30.2. The molecule has 7 rings (SSSR count). The van der Waals surface area contributed by atoms with Crippen molar-refractivity contribution in [3.63, 3.8) is 0 Å². The summed E-state index contributed by atoms with van der Waals surface area (Å²) < 4.78 is 0. The fourth-order valence-corrected chi connectivity index (χ4v) is 14.7. The van der Waals surface area contributed by atoms with Crippen molar-refractivity contribution < 1.29 is 0 Å². The molecule has 0 saturated carbocycles. The first-order valence-corrected chi connectivity index (χ1v) is 19.6. The quantitative estimate of drug-likeness (QED) is 0.141. The maximum atomic E-state index is 2.59. The molecule has 6 aromatic carbocycles. The molecular formula is C44H40S2. The first-order valence-electron chi connectivity index (χ1n) is 16.2. The van der Waals surface area contributed by atoms with Crippen molar-refractivity contribution in [2.75, 3.05) is 5.75 Å². The van der Waals surface area contributed by atoms with Crippen LogP contribution in [0.2, 0.25) is 0 Å². The van der Waals surface area contributed by atoms with Crippen LogP contribution in [0.4, 0.5) is 0 Å². The van der Waals surface area contributed by atoms with E-state index in [4.69, 9.17) is 0 Å². The van der Waals surface area contributed by atoms with Crippen LogP contribution < -0.4 is 0 Å². The maximum Gasteiger partial charge on any atom is 0.00337 e. The van der Waals surface area contributed by atoms with Crippen LogP contribution in [0, 0.1) is 0 Å². The normalized spacial score (nSPS) is 14.0. The molecule has 0 nitrogen and oxygen atoms in total. The Balaban J connectivity index is 1.52. The minimum atomic E-state index is -1.80. The lowest BCUT2D eigenvalue weighted by Crippen LogP contribution is -2.11. The fraction of sp³-hybridized carbons (Fsp3) is 0.0909. The van der Waals surface area contributed by atoms with Gasteiger partial charge in [-0.15, -0.1) is 10.0 Å². The summed E-state index contributed by atoms with van der Waals surface area (Å²) in [5.74, 6) is 1.06. The average Bonchev–Trinajstić information content (AvgIpc) is 3.15. The van der Waals surface area contributed by atoms with Crippen LogP contribution in [0.5, 0.6) is 0 Å². The third-order valence-corrected chi connectivity index (χ3v) is 16.8. The molecule has 46 heavy (non-hydrogen) atoms. The van der Waals surface area contributed by atoms with Gasteiger partial charge in [0.15, 0.2) is 0 Å². The summed E-state index contributed by atoms with van der Waals surface area (Å²) in [6, 6.07) is 65.9. The van der Waals surface area contributed by atoms with E-state index in [-0.39, 0.29) is 0 Å². The SMILES string of the molecule is C1=CC(CCS(c2ccccc2)(c2ccccc2)c2cccc(S(c3ccccc3)(c3ccccc3)c3ccccc3)c2)=CCC1. The van der Waals surface area contributed by atoms with Crippen LogP contribution >= 0.6 is 20.1 Å². The molecule has 0 heterocycles.